The molecule has 2 aromatic carbocycles. The van der Waals surface area contributed by atoms with Crippen LogP contribution in [0, 0.1) is 0 Å². The second kappa shape index (κ2) is 4.53. The summed E-state index contributed by atoms with van der Waals surface area (Å²) >= 11 is -4.41. The van der Waals surface area contributed by atoms with Gasteiger partial charge in [0, 0.05) is 0 Å². The quantitative estimate of drug-likeness (QED) is 0.723. The van der Waals surface area contributed by atoms with Crippen LogP contribution in [-0.4, -0.2) is 22.6 Å². The van der Waals surface area contributed by atoms with Gasteiger partial charge in [-0.05, 0) is 35.0 Å². The third-order valence-electron chi connectivity index (χ3n) is 2.28. The molecule has 2 aromatic rings. The summed E-state index contributed by atoms with van der Waals surface area (Å²) < 4.78 is 39.7. The fourth-order valence-corrected chi connectivity index (χ4v) is 2.37. The fourth-order valence-electron chi connectivity index (χ4n) is 1.49. The van der Waals surface area contributed by atoms with Crippen molar-refractivity contribution >= 4 is 32.9 Å². The number of hydrogen-bond donors (Lipinski definition) is 3. The first-order valence-electron chi connectivity index (χ1n) is 4.47. The second-order valence-corrected chi connectivity index (χ2v) is 5.24. The molecule has 5 nitrogen and oxygen atoms in total. The van der Waals surface area contributed by atoms with E-state index in [4.69, 9.17) is 9.11 Å². The highest BCUT2D eigenvalue weighted by Crippen LogP contribution is 2.28. The van der Waals surface area contributed by atoms with Crippen LogP contribution in [0.25, 0.3) is 10.8 Å². The molecular formula is C10H8O5S2. The molecule has 0 aliphatic carbocycles. The maximum atomic E-state index is 10.9. The van der Waals surface area contributed by atoms with E-state index in [9.17, 15) is 13.5 Å². The van der Waals surface area contributed by atoms with Gasteiger partial charge in [0.2, 0.25) is 0 Å². The van der Waals surface area contributed by atoms with Gasteiger partial charge in [-0.15, -0.1) is 0 Å². The number of phenols is 1. The molecule has 0 saturated heterocycles. The van der Waals surface area contributed by atoms with Gasteiger partial charge in [0.15, 0.2) is 22.2 Å². The first-order chi connectivity index (χ1) is 7.99. The Balaban J connectivity index is 2.72. The van der Waals surface area contributed by atoms with Gasteiger partial charge < -0.3 is 14.2 Å². The molecule has 0 saturated carbocycles. The number of rotatable bonds is 2. The van der Waals surface area contributed by atoms with Crippen molar-refractivity contribution in [2.75, 3.05) is 0 Å². The van der Waals surface area contributed by atoms with Crippen LogP contribution in [0.1, 0.15) is 0 Å². The van der Waals surface area contributed by atoms with Crippen molar-refractivity contribution in [1.29, 1.82) is 0 Å². The fraction of sp³-hybridized carbons (Fsp3) is 0. The SMILES string of the molecule is O=S(O)c1ccc2cc(O)c(S(=O)O)cc2c1. The molecule has 0 amide bonds. The molecule has 17 heavy (non-hydrogen) atoms. The zero-order valence-corrected chi connectivity index (χ0v) is 9.99. The first-order valence-corrected chi connectivity index (χ1v) is 6.69. The van der Waals surface area contributed by atoms with Gasteiger partial charge in [-0.1, -0.05) is 6.07 Å². The van der Waals surface area contributed by atoms with Crippen LogP contribution in [0.4, 0.5) is 0 Å². The average molecular weight is 272 g/mol. The molecule has 0 heterocycles. The molecule has 0 aliphatic heterocycles. The van der Waals surface area contributed by atoms with E-state index in [2.05, 4.69) is 0 Å². The van der Waals surface area contributed by atoms with E-state index in [1.54, 1.807) is 6.07 Å². The van der Waals surface area contributed by atoms with Crippen LogP contribution < -0.4 is 0 Å². The Bertz CT molecular complexity index is 638. The standard InChI is InChI=1S/C10H8O5S2/c11-9-4-6-1-2-8(16(12)13)3-7(6)5-10(9)17(14)15/h1-5,11H,(H,12,13)(H,14,15). The molecule has 0 spiro atoms. The van der Waals surface area contributed by atoms with Crippen LogP contribution in [0.2, 0.25) is 0 Å². The van der Waals surface area contributed by atoms with E-state index in [0.717, 1.165) is 0 Å². The number of fused-ring (bicyclic) bond motifs is 1. The zero-order chi connectivity index (χ0) is 12.6. The lowest BCUT2D eigenvalue weighted by atomic mass is 10.1. The van der Waals surface area contributed by atoms with E-state index < -0.39 is 22.2 Å². The van der Waals surface area contributed by atoms with Crippen molar-refractivity contribution in [1.82, 2.24) is 0 Å². The number of aromatic hydroxyl groups is 1. The van der Waals surface area contributed by atoms with Crippen molar-refractivity contribution in [3.05, 3.63) is 30.3 Å². The molecule has 0 aliphatic rings. The average Bonchev–Trinajstić information content (AvgIpc) is 2.27. The first kappa shape index (κ1) is 12.2. The molecule has 2 unspecified atom stereocenters. The van der Waals surface area contributed by atoms with Gasteiger partial charge >= 0.3 is 0 Å². The minimum Gasteiger partial charge on any atom is -0.507 e. The van der Waals surface area contributed by atoms with Crippen LogP contribution >= 0.6 is 0 Å². The molecule has 2 rings (SSSR count). The third kappa shape index (κ3) is 2.37. The topological polar surface area (TPSA) is 94.8 Å². The van der Waals surface area contributed by atoms with E-state index in [1.807, 2.05) is 0 Å². The van der Waals surface area contributed by atoms with Gasteiger partial charge in [0.05, 0.1) is 4.90 Å². The summed E-state index contributed by atoms with van der Waals surface area (Å²) in [7, 11) is 0. The van der Waals surface area contributed by atoms with Crippen molar-refractivity contribution in [2.24, 2.45) is 0 Å². The third-order valence-corrected chi connectivity index (χ3v) is 3.64. The lowest BCUT2D eigenvalue weighted by Gasteiger charge is -2.04. The summed E-state index contributed by atoms with van der Waals surface area (Å²) in [4.78, 5) is 0.0660. The maximum absolute atomic E-state index is 10.9. The van der Waals surface area contributed by atoms with Crippen molar-refractivity contribution in [3.63, 3.8) is 0 Å². The second-order valence-electron chi connectivity index (χ2n) is 3.33. The van der Waals surface area contributed by atoms with E-state index in [-0.39, 0.29) is 15.5 Å². The van der Waals surface area contributed by atoms with Gasteiger partial charge in [0.1, 0.15) is 10.6 Å². The van der Waals surface area contributed by atoms with E-state index >= 15 is 0 Å². The van der Waals surface area contributed by atoms with Crippen LogP contribution in [0.3, 0.4) is 0 Å². The monoisotopic (exact) mass is 272 g/mol. The van der Waals surface area contributed by atoms with Crippen molar-refractivity contribution in [2.45, 2.75) is 9.79 Å². The van der Waals surface area contributed by atoms with Gasteiger partial charge in [-0.3, -0.25) is 0 Å². The Morgan fingerprint density at radius 3 is 2.18 bits per heavy atom. The smallest absolute Gasteiger partial charge is 0.190 e. The van der Waals surface area contributed by atoms with Crippen molar-refractivity contribution in [3.8, 4) is 5.75 Å². The largest absolute Gasteiger partial charge is 0.507 e. The highest BCUT2D eigenvalue weighted by Gasteiger charge is 2.10. The van der Waals surface area contributed by atoms with Gasteiger partial charge in [-0.2, -0.15) is 0 Å². The summed E-state index contributed by atoms with van der Waals surface area (Å²) in [6.45, 7) is 0. The molecule has 7 heteroatoms. The maximum Gasteiger partial charge on any atom is 0.190 e. The van der Waals surface area contributed by atoms with Gasteiger partial charge in [-0.25, -0.2) is 8.42 Å². The predicted octanol–water partition coefficient (Wildman–Crippen LogP) is 1.71. The molecule has 0 radical (unpaired) electrons. The van der Waals surface area contributed by atoms with Crippen LogP contribution in [0.5, 0.6) is 5.75 Å². The Hall–Kier alpha value is -1.28. The Kier molecular flexibility index (Phi) is 3.25. The zero-order valence-electron chi connectivity index (χ0n) is 8.36. The van der Waals surface area contributed by atoms with Crippen molar-refractivity contribution < 1.29 is 22.6 Å². The summed E-state index contributed by atoms with van der Waals surface area (Å²) in [5.74, 6) is -0.281. The normalized spacial score (nSPS) is 14.7. The summed E-state index contributed by atoms with van der Waals surface area (Å²) in [5.41, 5.74) is 0. The van der Waals surface area contributed by atoms with Crippen LogP contribution in [-0.2, 0) is 22.2 Å². The lowest BCUT2D eigenvalue weighted by Crippen LogP contribution is -1.91. The number of benzene rings is 2. The molecule has 3 N–H and O–H groups in total. The van der Waals surface area contributed by atoms with Crippen LogP contribution in [0.15, 0.2) is 40.1 Å². The highest BCUT2D eigenvalue weighted by atomic mass is 32.2. The highest BCUT2D eigenvalue weighted by molar-refractivity contribution is 7.79. The summed E-state index contributed by atoms with van der Waals surface area (Å²) in [6.07, 6.45) is 0. The Labute approximate surface area is 102 Å². The molecule has 0 bridgehead atoms. The minimum absolute atomic E-state index is 0.127. The molecule has 0 aromatic heterocycles. The number of phenolic OH excluding ortho intramolecular Hbond substituents is 1. The molecule has 0 fully saturated rings. The number of hydrogen-bond acceptors (Lipinski definition) is 3. The van der Waals surface area contributed by atoms with E-state index in [0.29, 0.717) is 10.8 Å². The summed E-state index contributed by atoms with van der Waals surface area (Å²) in [6, 6.07) is 7.09. The molecular weight excluding hydrogens is 264 g/mol. The lowest BCUT2D eigenvalue weighted by molar-refractivity contribution is 0.458. The summed E-state index contributed by atoms with van der Waals surface area (Å²) in [5, 5.41) is 10.6. The molecule has 90 valence electrons. The molecule has 2 atom stereocenters. The predicted molar refractivity (Wildman–Crippen MR) is 63.7 cm³/mol. The Morgan fingerprint density at radius 2 is 1.59 bits per heavy atom. The van der Waals surface area contributed by atoms with E-state index in [1.165, 1.54) is 24.3 Å². The van der Waals surface area contributed by atoms with Gasteiger partial charge in [0.25, 0.3) is 0 Å². The minimum atomic E-state index is -2.30. The Morgan fingerprint density at radius 1 is 0.882 bits per heavy atom.